The van der Waals surface area contributed by atoms with Crippen LogP contribution in [0.5, 0.6) is 0 Å². The summed E-state index contributed by atoms with van der Waals surface area (Å²) in [6.45, 7) is 4.27. The van der Waals surface area contributed by atoms with E-state index in [1.807, 2.05) is 13.0 Å². The van der Waals surface area contributed by atoms with Gasteiger partial charge in [0.2, 0.25) is 10.0 Å². The smallest absolute Gasteiger partial charge is 0.240 e. The first-order chi connectivity index (χ1) is 12.5. The maximum absolute atomic E-state index is 12.4. The summed E-state index contributed by atoms with van der Waals surface area (Å²) in [6, 6.07) is 10.7. The highest BCUT2D eigenvalue weighted by atomic mass is 32.2. The van der Waals surface area contributed by atoms with E-state index in [4.69, 9.17) is 0 Å². The SMILES string of the molecule is Cc1ccc(C)c(S(=O)(=O)NCCNc2ccc(-n3cccn3)nn2)c1. The van der Waals surface area contributed by atoms with E-state index < -0.39 is 10.0 Å². The molecular formula is C17H20N6O2S. The average Bonchev–Trinajstić information content (AvgIpc) is 3.16. The molecule has 3 aromatic rings. The fourth-order valence-electron chi connectivity index (χ4n) is 2.40. The quantitative estimate of drug-likeness (QED) is 0.612. The molecule has 2 N–H and O–H groups in total. The van der Waals surface area contributed by atoms with Gasteiger partial charge in [0.1, 0.15) is 5.82 Å². The van der Waals surface area contributed by atoms with Gasteiger partial charge in [0.15, 0.2) is 5.82 Å². The molecule has 0 atom stereocenters. The molecule has 0 aliphatic carbocycles. The Labute approximate surface area is 152 Å². The van der Waals surface area contributed by atoms with Crippen molar-refractivity contribution in [2.45, 2.75) is 18.7 Å². The van der Waals surface area contributed by atoms with E-state index in [2.05, 4.69) is 25.3 Å². The van der Waals surface area contributed by atoms with Crippen molar-refractivity contribution in [3.8, 4) is 5.82 Å². The molecule has 0 saturated heterocycles. The third kappa shape index (κ3) is 4.24. The summed E-state index contributed by atoms with van der Waals surface area (Å²) >= 11 is 0. The van der Waals surface area contributed by atoms with Crippen molar-refractivity contribution in [3.05, 3.63) is 59.9 Å². The van der Waals surface area contributed by atoms with E-state index in [1.54, 1.807) is 54.3 Å². The van der Waals surface area contributed by atoms with Crippen molar-refractivity contribution >= 4 is 15.8 Å². The number of aryl methyl sites for hydroxylation is 2. The van der Waals surface area contributed by atoms with Gasteiger partial charge in [-0.1, -0.05) is 12.1 Å². The van der Waals surface area contributed by atoms with E-state index in [0.717, 1.165) is 11.1 Å². The molecule has 0 amide bonds. The van der Waals surface area contributed by atoms with Crippen molar-refractivity contribution in [2.24, 2.45) is 0 Å². The molecule has 8 nitrogen and oxygen atoms in total. The van der Waals surface area contributed by atoms with Crippen LogP contribution in [0.4, 0.5) is 5.82 Å². The zero-order valence-corrected chi connectivity index (χ0v) is 15.4. The summed E-state index contributed by atoms with van der Waals surface area (Å²) in [5.41, 5.74) is 1.62. The van der Waals surface area contributed by atoms with Crippen LogP contribution >= 0.6 is 0 Å². The summed E-state index contributed by atoms with van der Waals surface area (Å²) in [6.07, 6.45) is 3.44. The van der Waals surface area contributed by atoms with Gasteiger partial charge >= 0.3 is 0 Å². The summed E-state index contributed by atoms with van der Waals surface area (Å²) in [5, 5.41) is 15.2. The Morgan fingerprint density at radius 1 is 1.08 bits per heavy atom. The van der Waals surface area contributed by atoms with E-state index >= 15 is 0 Å². The number of sulfonamides is 1. The standard InChI is InChI=1S/C17H20N6O2S/c1-13-4-5-14(2)15(12-13)26(24,25)20-10-9-18-16-6-7-17(22-21-16)23-11-3-8-19-23/h3-8,11-12,20H,9-10H2,1-2H3,(H,18,21). The Bertz CT molecular complexity index is 969. The van der Waals surface area contributed by atoms with Crippen LogP contribution in [0.3, 0.4) is 0 Å². The van der Waals surface area contributed by atoms with Crippen LogP contribution in [0.2, 0.25) is 0 Å². The Morgan fingerprint density at radius 3 is 2.62 bits per heavy atom. The Morgan fingerprint density at radius 2 is 1.92 bits per heavy atom. The number of anilines is 1. The maximum Gasteiger partial charge on any atom is 0.240 e. The second-order valence-electron chi connectivity index (χ2n) is 5.82. The Hall–Kier alpha value is -2.78. The lowest BCUT2D eigenvalue weighted by Crippen LogP contribution is -2.29. The predicted octanol–water partition coefficient (Wildman–Crippen LogP) is 1.67. The van der Waals surface area contributed by atoms with E-state index in [1.165, 1.54) is 0 Å². The van der Waals surface area contributed by atoms with Gasteiger partial charge in [-0.3, -0.25) is 0 Å². The van der Waals surface area contributed by atoms with Gasteiger partial charge < -0.3 is 5.32 Å². The highest BCUT2D eigenvalue weighted by Gasteiger charge is 2.16. The second-order valence-corrected chi connectivity index (χ2v) is 7.56. The third-order valence-electron chi connectivity index (χ3n) is 3.75. The van der Waals surface area contributed by atoms with Gasteiger partial charge in [0, 0.05) is 25.5 Å². The number of hydrogen-bond donors (Lipinski definition) is 2. The van der Waals surface area contributed by atoms with Crippen molar-refractivity contribution in [1.82, 2.24) is 24.7 Å². The van der Waals surface area contributed by atoms with Crippen LogP contribution in [0.15, 0.2) is 53.7 Å². The van der Waals surface area contributed by atoms with Crippen molar-refractivity contribution in [1.29, 1.82) is 0 Å². The van der Waals surface area contributed by atoms with Crippen LogP contribution in [0.1, 0.15) is 11.1 Å². The first kappa shape index (κ1) is 18.0. The lowest BCUT2D eigenvalue weighted by atomic mass is 10.2. The number of benzene rings is 1. The molecule has 0 fully saturated rings. The molecule has 0 bridgehead atoms. The first-order valence-electron chi connectivity index (χ1n) is 8.10. The van der Waals surface area contributed by atoms with Gasteiger partial charge in [-0.25, -0.2) is 17.8 Å². The van der Waals surface area contributed by atoms with Gasteiger partial charge in [0.05, 0.1) is 4.90 Å². The minimum absolute atomic E-state index is 0.234. The number of aromatic nitrogens is 4. The van der Waals surface area contributed by atoms with E-state index in [9.17, 15) is 8.42 Å². The van der Waals surface area contributed by atoms with E-state index in [-0.39, 0.29) is 6.54 Å². The lowest BCUT2D eigenvalue weighted by molar-refractivity contribution is 0.582. The van der Waals surface area contributed by atoms with Crippen molar-refractivity contribution in [2.75, 3.05) is 18.4 Å². The highest BCUT2D eigenvalue weighted by Crippen LogP contribution is 2.16. The minimum Gasteiger partial charge on any atom is -0.367 e. The summed E-state index contributed by atoms with van der Waals surface area (Å²) in [4.78, 5) is 0.306. The second kappa shape index (κ2) is 7.63. The molecule has 2 heterocycles. The largest absolute Gasteiger partial charge is 0.367 e. The number of rotatable bonds is 7. The molecule has 0 saturated carbocycles. The first-order valence-corrected chi connectivity index (χ1v) is 9.58. The molecule has 9 heteroatoms. The Balaban J connectivity index is 1.54. The topological polar surface area (TPSA) is 102 Å². The van der Waals surface area contributed by atoms with Crippen LogP contribution in [-0.4, -0.2) is 41.5 Å². The molecule has 3 rings (SSSR count). The molecule has 0 spiro atoms. The average molecular weight is 372 g/mol. The summed E-state index contributed by atoms with van der Waals surface area (Å²) < 4.78 is 29.0. The minimum atomic E-state index is -3.54. The summed E-state index contributed by atoms with van der Waals surface area (Å²) in [7, 11) is -3.54. The predicted molar refractivity (Wildman–Crippen MR) is 98.7 cm³/mol. The molecule has 2 aromatic heterocycles. The molecule has 136 valence electrons. The van der Waals surface area contributed by atoms with Crippen LogP contribution in [-0.2, 0) is 10.0 Å². The molecular weight excluding hydrogens is 352 g/mol. The van der Waals surface area contributed by atoms with Crippen molar-refractivity contribution in [3.63, 3.8) is 0 Å². The summed E-state index contributed by atoms with van der Waals surface area (Å²) in [5.74, 6) is 1.17. The molecule has 26 heavy (non-hydrogen) atoms. The van der Waals surface area contributed by atoms with Crippen molar-refractivity contribution < 1.29 is 8.42 Å². The molecule has 1 aromatic carbocycles. The molecule has 0 aliphatic rings. The number of nitrogens with one attached hydrogen (secondary N) is 2. The molecule has 0 unspecified atom stereocenters. The van der Waals surface area contributed by atoms with Gasteiger partial charge in [-0.2, -0.15) is 5.10 Å². The maximum atomic E-state index is 12.4. The van der Waals surface area contributed by atoms with Gasteiger partial charge in [-0.05, 0) is 49.2 Å². The van der Waals surface area contributed by atoms with Crippen LogP contribution in [0, 0.1) is 13.8 Å². The third-order valence-corrected chi connectivity index (χ3v) is 5.35. The lowest BCUT2D eigenvalue weighted by Gasteiger charge is -2.11. The highest BCUT2D eigenvalue weighted by molar-refractivity contribution is 7.89. The number of hydrogen-bond acceptors (Lipinski definition) is 6. The molecule has 0 radical (unpaired) electrons. The normalized spacial score (nSPS) is 11.5. The fraction of sp³-hybridized carbons (Fsp3) is 0.235. The van der Waals surface area contributed by atoms with Crippen LogP contribution in [0.25, 0.3) is 5.82 Å². The fourth-order valence-corrected chi connectivity index (χ4v) is 3.76. The zero-order chi connectivity index (χ0) is 18.6. The zero-order valence-electron chi connectivity index (χ0n) is 14.5. The van der Waals surface area contributed by atoms with Crippen LogP contribution < -0.4 is 10.0 Å². The van der Waals surface area contributed by atoms with Gasteiger partial charge in [-0.15, -0.1) is 10.2 Å². The monoisotopic (exact) mass is 372 g/mol. The number of nitrogens with zero attached hydrogens (tertiary/aromatic N) is 4. The van der Waals surface area contributed by atoms with E-state index in [0.29, 0.717) is 23.1 Å². The van der Waals surface area contributed by atoms with Gasteiger partial charge in [0.25, 0.3) is 0 Å². The molecule has 0 aliphatic heterocycles. The Kier molecular flexibility index (Phi) is 5.29.